The molecule has 0 bridgehead atoms. The van der Waals surface area contributed by atoms with Gasteiger partial charge in [0.05, 0.1) is 31.4 Å². The van der Waals surface area contributed by atoms with Crippen LogP contribution in [0.4, 0.5) is 0 Å². The average molecular weight is 347 g/mol. The normalized spacial score (nSPS) is 27.1. The zero-order valence-electron chi connectivity index (χ0n) is 13.4. The number of hydrogen-bond acceptors (Lipinski definition) is 6. The van der Waals surface area contributed by atoms with Crippen molar-refractivity contribution in [2.24, 2.45) is 5.92 Å². The molecule has 0 spiro atoms. The lowest BCUT2D eigenvalue weighted by Crippen LogP contribution is -2.52. The lowest BCUT2D eigenvalue weighted by Gasteiger charge is -2.39. The highest BCUT2D eigenvalue weighted by Crippen LogP contribution is 2.32. The van der Waals surface area contributed by atoms with Crippen molar-refractivity contribution in [2.75, 3.05) is 13.2 Å². The number of thiazole rings is 1. The molecule has 0 saturated carbocycles. The van der Waals surface area contributed by atoms with Crippen LogP contribution in [0.1, 0.15) is 23.6 Å². The first-order chi connectivity index (χ1) is 11.8. The third kappa shape index (κ3) is 3.38. The molecule has 0 aliphatic carbocycles. The number of carbonyl (C=O) groups is 1. The highest BCUT2D eigenvalue weighted by molar-refractivity contribution is 7.09. The molecule has 2 saturated heterocycles. The Hall–Kier alpha value is -1.70. The van der Waals surface area contributed by atoms with Gasteiger partial charge >= 0.3 is 0 Å². The number of likely N-dealkylation sites (tertiary alicyclic amines) is 1. The van der Waals surface area contributed by atoms with Crippen LogP contribution in [-0.4, -0.2) is 41.1 Å². The van der Waals surface area contributed by atoms with Gasteiger partial charge in [-0.2, -0.15) is 0 Å². The second-order valence-corrected chi connectivity index (χ2v) is 7.33. The summed E-state index contributed by atoms with van der Waals surface area (Å²) in [5, 5.41) is 6.08. The van der Waals surface area contributed by atoms with E-state index in [1.807, 2.05) is 23.7 Å². The van der Waals surface area contributed by atoms with Gasteiger partial charge in [0.15, 0.2) is 0 Å². The first-order valence-corrected chi connectivity index (χ1v) is 9.21. The molecule has 0 aromatic carbocycles. The fraction of sp³-hybridized carbons (Fsp3) is 0.529. The minimum atomic E-state index is -0.0562. The minimum absolute atomic E-state index is 0.0562. The van der Waals surface area contributed by atoms with Crippen molar-refractivity contribution in [1.29, 1.82) is 0 Å². The van der Waals surface area contributed by atoms with E-state index in [0.717, 1.165) is 43.3 Å². The van der Waals surface area contributed by atoms with Crippen LogP contribution in [0.3, 0.4) is 0 Å². The lowest BCUT2D eigenvalue weighted by molar-refractivity contribution is -0.130. The zero-order valence-corrected chi connectivity index (χ0v) is 14.2. The fourth-order valence-electron chi connectivity index (χ4n) is 3.66. The van der Waals surface area contributed by atoms with Crippen LogP contribution in [-0.2, 0) is 22.6 Å². The monoisotopic (exact) mass is 347 g/mol. The lowest BCUT2D eigenvalue weighted by atomic mass is 9.89. The number of nitrogens with one attached hydrogen (secondary N) is 1. The molecular formula is C17H21N3O3S. The summed E-state index contributed by atoms with van der Waals surface area (Å²) in [7, 11) is 0. The van der Waals surface area contributed by atoms with Crippen LogP contribution in [0.15, 0.2) is 34.4 Å². The van der Waals surface area contributed by atoms with Gasteiger partial charge in [-0.05, 0) is 25.0 Å². The van der Waals surface area contributed by atoms with Crippen molar-refractivity contribution < 1.29 is 13.9 Å². The molecule has 128 valence electrons. The van der Waals surface area contributed by atoms with Gasteiger partial charge in [-0.3, -0.25) is 9.69 Å². The van der Waals surface area contributed by atoms with E-state index in [1.54, 1.807) is 17.6 Å². The standard InChI is InChI=1S/C17H21N3O3S/c21-17(19-9-13-2-1-5-22-13)12-8-15-14(3-6-23-15)20(10-12)11-16-18-4-7-24-16/h1-2,4-5,7,12,14-15H,3,6,8-11H2,(H,19,21)/t12-,14+,15+/m0/s1. The second-order valence-electron chi connectivity index (χ2n) is 6.35. The van der Waals surface area contributed by atoms with E-state index in [-0.39, 0.29) is 17.9 Å². The molecule has 4 heterocycles. The first-order valence-electron chi connectivity index (χ1n) is 8.33. The molecule has 6 nitrogen and oxygen atoms in total. The summed E-state index contributed by atoms with van der Waals surface area (Å²) >= 11 is 1.66. The molecular weight excluding hydrogens is 326 g/mol. The predicted octanol–water partition coefficient (Wildman–Crippen LogP) is 2.03. The quantitative estimate of drug-likeness (QED) is 0.896. The molecule has 7 heteroatoms. The van der Waals surface area contributed by atoms with Gasteiger partial charge in [0.25, 0.3) is 0 Å². The summed E-state index contributed by atoms with van der Waals surface area (Å²) < 4.78 is 11.2. The molecule has 2 fully saturated rings. The SMILES string of the molecule is O=C(NCc1ccco1)[C@H]1C[C@H]2OCC[C@H]2N(Cc2nccs2)C1. The molecule has 0 unspecified atom stereocenters. The number of hydrogen-bond donors (Lipinski definition) is 1. The van der Waals surface area contributed by atoms with Crippen molar-refractivity contribution in [3.05, 3.63) is 40.7 Å². The molecule has 2 aliphatic rings. The van der Waals surface area contributed by atoms with Gasteiger partial charge in [-0.25, -0.2) is 4.98 Å². The summed E-state index contributed by atoms with van der Waals surface area (Å²) in [6, 6.07) is 4.10. The van der Waals surface area contributed by atoms with Gasteiger partial charge in [0.1, 0.15) is 10.8 Å². The van der Waals surface area contributed by atoms with Gasteiger partial charge in [-0.1, -0.05) is 0 Å². The Morgan fingerprint density at radius 1 is 1.50 bits per heavy atom. The molecule has 24 heavy (non-hydrogen) atoms. The largest absolute Gasteiger partial charge is 0.467 e. The molecule has 4 rings (SSSR count). The van der Waals surface area contributed by atoms with Gasteiger partial charge < -0.3 is 14.5 Å². The minimum Gasteiger partial charge on any atom is -0.467 e. The fourth-order valence-corrected chi connectivity index (χ4v) is 4.30. The van der Waals surface area contributed by atoms with Crippen LogP contribution in [0, 0.1) is 5.92 Å². The number of fused-ring (bicyclic) bond motifs is 1. The molecule has 0 radical (unpaired) electrons. The van der Waals surface area contributed by atoms with Crippen LogP contribution < -0.4 is 5.32 Å². The highest BCUT2D eigenvalue weighted by Gasteiger charge is 2.42. The number of carbonyl (C=O) groups excluding carboxylic acids is 1. The molecule has 2 aromatic heterocycles. The Kier molecular flexibility index (Phi) is 4.64. The number of amides is 1. The van der Waals surface area contributed by atoms with E-state index in [1.165, 1.54) is 0 Å². The van der Waals surface area contributed by atoms with Gasteiger partial charge in [0.2, 0.25) is 5.91 Å². The van der Waals surface area contributed by atoms with E-state index in [0.29, 0.717) is 12.6 Å². The summed E-state index contributed by atoms with van der Waals surface area (Å²) in [6.45, 7) is 2.77. The summed E-state index contributed by atoms with van der Waals surface area (Å²) in [5.41, 5.74) is 0. The van der Waals surface area contributed by atoms with Crippen molar-refractivity contribution in [1.82, 2.24) is 15.2 Å². The van der Waals surface area contributed by atoms with E-state index in [9.17, 15) is 4.79 Å². The first kappa shape index (κ1) is 15.8. The van der Waals surface area contributed by atoms with Crippen molar-refractivity contribution in [3.63, 3.8) is 0 Å². The smallest absolute Gasteiger partial charge is 0.224 e. The Labute approximate surface area is 144 Å². The summed E-state index contributed by atoms with van der Waals surface area (Å²) in [6.07, 6.45) is 5.44. The van der Waals surface area contributed by atoms with Crippen LogP contribution >= 0.6 is 11.3 Å². The summed E-state index contributed by atoms with van der Waals surface area (Å²) in [5.74, 6) is 0.789. The van der Waals surface area contributed by atoms with Crippen molar-refractivity contribution in [2.45, 2.75) is 38.1 Å². The topological polar surface area (TPSA) is 67.6 Å². The molecule has 2 aromatic rings. The van der Waals surface area contributed by atoms with Crippen LogP contribution in [0.5, 0.6) is 0 Å². The number of rotatable bonds is 5. The maximum atomic E-state index is 12.6. The average Bonchev–Trinajstić information content (AvgIpc) is 3.33. The Morgan fingerprint density at radius 2 is 2.46 bits per heavy atom. The van der Waals surface area contributed by atoms with Crippen molar-refractivity contribution >= 4 is 17.2 Å². The maximum Gasteiger partial charge on any atom is 0.224 e. The van der Waals surface area contributed by atoms with Crippen LogP contribution in [0.2, 0.25) is 0 Å². The van der Waals surface area contributed by atoms with Gasteiger partial charge in [0, 0.05) is 30.8 Å². The van der Waals surface area contributed by atoms with Crippen LogP contribution in [0.25, 0.3) is 0 Å². The number of piperidine rings is 1. The van der Waals surface area contributed by atoms with E-state index in [2.05, 4.69) is 15.2 Å². The van der Waals surface area contributed by atoms with E-state index < -0.39 is 0 Å². The molecule has 3 atom stereocenters. The van der Waals surface area contributed by atoms with Crippen molar-refractivity contribution in [3.8, 4) is 0 Å². The Bertz CT molecular complexity index is 659. The Balaban J connectivity index is 1.40. The van der Waals surface area contributed by atoms with E-state index in [4.69, 9.17) is 9.15 Å². The highest BCUT2D eigenvalue weighted by atomic mass is 32.1. The zero-order chi connectivity index (χ0) is 16.4. The number of ether oxygens (including phenoxy) is 1. The Morgan fingerprint density at radius 3 is 3.25 bits per heavy atom. The number of nitrogens with zero attached hydrogens (tertiary/aromatic N) is 2. The third-order valence-electron chi connectivity index (χ3n) is 4.82. The molecule has 2 aliphatic heterocycles. The molecule has 1 amide bonds. The molecule has 1 N–H and O–H groups in total. The third-order valence-corrected chi connectivity index (χ3v) is 5.59. The van der Waals surface area contributed by atoms with E-state index >= 15 is 0 Å². The second kappa shape index (κ2) is 7.04. The predicted molar refractivity (Wildman–Crippen MR) is 89.3 cm³/mol. The summed E-state index contributed by atoms with van der Waals surface area (Å²) in [4.78, 5) is 19.3. The van der Waals surface area contributed by atoms with Gasteiger partial charge in [-0.15, -0.1) is 11.3 Å². The maximum absolute atomic E-state index is 12.6. The number of aromatic nitrogens is 1. The number of furan rings is 1.